The van der Waals surface area contributed by atoms with Gasteiger partial charge in [-0.3, -0.25) is 0 Å². The molecule has 0 bridgehead atoms. The minimum atomic E-state index is -0.540. The van der Waals surface area contributed by atoms with E-state index in [-0.39, 0.29) is 17.7 Å². The molecular formula is C14H20BFN2O2. The number of nitrogens with zero attached hydrogens (tertiary/aromatic N) is 1. The number of halogens is 1. The van der Waals surface area contributed by atoms with E-state index in [1.807, 2.05) is 27.7 Å². The molecule has 0 radical (unpaired) electrons. The summed E-state index contributed by atoms with van der Waals surface area (Å²) in [5.41, 5.74) is 5.91. The van der Waals surface area contributed by atoms with Crippen molar-refractivity contribution in [1.82, 2.24) is 4.98 Å². The third-order valence-corrected chi connectivity index (χ3v) is 3.80. The van der Waals surface area contributed by atoms with Crippen LogP contribution in [0.5, 0.6) is 0 Å². The van der Waals surface area contributed by atoms with Gasteiger partial charge in [0.2, 0.25) is 5.95 Å². The summed E-state index contributed by atoms with van der Waals surface area (Å²) in [6.45, 7) is 8.15. The molecule has 1 aromatic heterocycles. The smallest absolute Gasteiger partial charge is 0.400 e. The molecule has 0 spiro atoms. The molecule has 2 rings (SSSR count). The maximum absolute atomic E-state index is 13.3. The first-order chi connectivity index (χ1) is 9.23. The van der Waals surface area contributed by atoms with Crippen LogP contribution in [-0.4, -0.2) is 23.3 Å². The summed E-state index contributed by atoms with van der Waals surface area (Å²) in [5.74, 6) is 1.23. The number of pyridine rings is 1. The van der Waals surface area contributed by atoms with Crippen molar-refractivity contribution < 1.29 is 13.7 Å². The highest BCUT2D eigenvalue weighted by Gasteiger charge is 2.49. The van der Waals surface area contributed by atoms with Crippen molar-refractivity contribution in [3.05, 3.63) is 35.3 Å². The van der Waals surface area contributed by atoms with Crippen LogP contribution >= 0.6 is 0 Å². The third-order valence-electron chi connectivity index (χ3n) is 3.80. The maximum atomic E-state index is 13.3. The number of aromatic nitrogens is 1. The van der Waals surface area contributed by atoms with Crippen molar-refractivity contribution in [1.29, 1.82) is 0 Å². The van der Waals surface area contributed by atoms with Crippen LogP contribution in [0, 0.1) is 5.95 Å². The van der Waals surface area contributed by atoms with Crippen molar-refractivity contribution in [3.63, 3.8) is 0 Å². The zero-order chi connectivity index (χ0) is 15.0. The van der Waals surface area contributed by atoms with E-state index >= 15 is 0 Å². The molecule has 6 heteroatoms. The van der Waals surface area contributed by atoms with Gasteiger partial charge in [0, 0.05) is 12.6 Å². The summed E-state index contributed by atoms with van der Waals surface area (Å²) in [6.07, 6.45) is 1.76. The summed E-state index contributed by atoms with van der Waals surface area (Å²) in [6, 6.07) is 3.09. The molecule has 0 unspecified atom stereocenters. The third kappa shape index (κ3) is 3.08. The molecule has 1 aliphatic heterocycles. The maximum Gasteiger partial charge on any atom is 0.487 e. The van der Waals surface area contributed by atoms with Gasteiger partial charge >= 0.3 is 7.12 Å². The zero-order valence-electron chi connectivity index (χ0n) is 12.3. The van der Waals surface area contributed by atoms with E-state index in [4.69, 9.17) is 15.0 Å². The van der Waals surface area contributed by atoms with E-state index in [1.54, 1.807) is 18.1 Å². The van der Waals surface area contributed by atoms with Crippen LogP contribution in [-0.2, 0) is 15.9 Å². The highest BCUT2D eigenvalue weighted by molar-refractivity contribution is 6.52. The molecule has 0 aromatic carbocycles. The number of nitrogens with two attached hydrogens (primary N) is 1. The van der Waals surface area contributed by atoms with Crippen LogP contribution < -0.4 is 5.73 Å². The van der Waals surface area contributed by atoms with Crippen molar-refractivity contribution in [2.75, 3.05) is 0 Å². The van der Waals surface area contributed by atoms with Crippen molar-refractivity contribution >= 4 is 13.2 Å². The van der Waals surface area contributed by atoms with Gasteiger partial charge < -0.3 is 15.0 Å². The van der Waals surface area contributed by atoms with Gasteiger partial charge in [0.1, 0.15) is 0 Å². The van der Waals surface area contributed by atoms with E-state index in [0.29, 0.717) is 11.3 Å². The highest BCUT2D eigenvalue weighted by atomic mass is 19.1. The summed E-state index contributed by atoms with van der Waals surface area (Å²) >= 11 is 0. The summed E-state index contributed by atoms with van der Waals surface area (Å²) in [7, 11) is -0.447. The molecule has 20 heavy (non-hydrogen) atoms. The lowest BCUT2D eigenvalue weighted by Crippen LogP contribution is -2.41. The summed E-state index contributed by atoms with van der Waals surface area (Å²) < 4.78 is 25.0. The topological polar surface area (TPSA) is 57.4 Å². The van der Waals surface area contributed by atoms with E-state index in [0.717, 1.165) is 0 Å². The number of hydrogen-bond donors (Lipinski definition) is 1. The fraction of sp³-hybridized carbons (Fsp3) is 0.500. The van der Waals surface area contributed by atoms with Gasteiger partial charge in [0.25, 0.3) is 0 Å². The largest absolute Gasteiger partial charge is 0.487 e. The second-order valence-electron chi connectivity index (χ2n) is 5.90. The van der Waals surface area contributed by atoms with E-state index in [9.17, 15) is 4.39 Å². The van der Waals surface area contributed by atoms with Gasteiger partial charge in [-0.05, 0) is 39.3 Å². The van der Waals surface area contributed by atoms with Gasteiger partial charge in [-0.1, -0.05) is 12.1 Å². The Labute approximate surface area is 119 Å². The first-order valence-corrected chi connectivity index (χ1v) is 6.64. The Bertz CT molecular complexity index is 516. The molecule has 4 nitrogen and oxygen atoms in total. The van der Waals surface area contributed by atoms with Gasteiger partial charge in [0.05, 0.1) is 16.9 Å². The molecule has 2 N–H and O–H groups in total. The average molecular weight is 278 g/mol. The van der Waals surface area contributed by atoms with Gasteiger partial charge in [-0.25, -0.2) is 4.98 Å². The van der Waals surface area contributed by atoms with Crippen LogP contribution in [0.4, 0.5) is 4.39 Å². The molecule has 1 aliphatic rings. The van der Waals surface area contributed by atoms with Crippen molar-refractivity contribution in [2.45, 2.75) is 45.4 Å². The minimum absolute atomic E-state index is 0.203. The van der Waals surface area contributed by atoms with Gasteiger partial charge in [-0.2, -0.15) is 4.39 Å². The second kappa shape index (κ2) is 5.28. The molecule has 0 aliphatic carbocycles. The van der Waals surface area contributed by atoms with E-state index < -0.39 is 13.1 Å². The fourth-order valence-corrected chi connectivity index (χ4v) is 1.93. The normalized spacial score (nSPS) is 20.8. The van der Waals surface area contributed by atoms with E-state index in [1.165, 1.54) is 6.07 Å². The molecule has 1 fully saturated rings. The first-order valence-electron chi connectivity index (χ1n) is 6.64. The SMILES string of the molecule is CC1(C)OB(/C=C/c2cc(F)nc(CN)c2)OC1(C)C. The first kappa shape index (κ1) is 15.2. The lowest BCUT2D eigenvalue weighted by molar-refractivity contribution is 0.00578. The summed E-state index contributed by atoms with van der Waals surface area (Å²) in [5, 5.41) is 0. The summed E-state index contributed by atoms with van der Waals surface area (Å²) in [4.78, 5) is 3.69. The van der Waals surface area contributed by atoms with Crippen LogP contribution in [0.15, 0.2) is 18.1 Å². The second-order valence-corrected chi connectivity index (χ2v) is 5.90. The molecule has 1 saturated heterocycles. The Morgan fingerprint density at radius 1 is 1.25 bits per heavy atom. The quantitative estimate of drug-likeness (QED) is 0.681. The minimum Gasteiger partial charge on any atom is -0.400 e. The molecule has 1 aromatic rings. The fourth-order valence-electron chi connectivity index (χ4n) is 1.93. The Hall–Kier alpha value is -1.24. The molecule has 0 amide bonds. The number of hydrogen-bond acceptors (Lipinski definition) is 4. The monoisotopic (exact) mass is 278 g/mol. The Kier molecular flexibility index (Phi) is 4.00. The van der Waals surface area contributed by atoms with Crippen LogP contribution in [0.1, 0.15) is 39.0 Å². The van der Waals surface area contributed by atoms with Gasteiger partial charge in [-0.15, -0.1) is 0 Å². The Morgan fingerprint density at radius 3 is 2.40 bits per heavy atom. The highest BCUT2D eigenvalue weighted by Crippen LogP contribution is 2.37. The predicted octanol–water partition coefficient (Wildman–Crippen LogP) is 2.32. The molecular weight excluding hydrogens is 258 g/mol. The van der Waals surface area contributed by atoms with Gasteiger partial charge in [0.15, 0.2) is 0 Å². The van der Waals surface area contributed by atoms with Crippen LogP contribution in [0.25, 0.3) is 6.08 Å². The Morgan fingerprint density at radius 2 is 1.85 bits per heavy atom. The van der Waals surface area contributed by atoms with Crippen LogP contribution in [0.2, 0.25) is 0 Å². The average Bonchev–Trinajstić information content (AvgIpc) is 2.54. The zero-order valence-corrected chi connectivity index (χ0v) is 12.3. The molecule has 2 heterocycles. The predicted molar refractivity (Wildman–Crippen MR) is 77.2 cm³/mol. The lowest BCUT2D eigenvalue weighted by Gasteiger charge is -2.32. The van der Waals surface area contributed by atoms with Crippen LogP contribution in [0.3, 0.4) is 0 Å². The van der Waals surface area contributed by atoms with Crippen molar-refractivity contribution in [3.8, 4) is 0 Å². The standard InChI is InChI=1S/C14H20BFN2O2/c1-13(2)14(3,4)20-15(19-13)6-5-10-7-11(9-17)18-12(16)8-10/h5-8H,9,17H2,1-4H3/b6-5+. The van der Waals surface area contributed by atoms with Crippen molar-refractivity contribution in [2.24, 2.45) is 5.73 Å². The molecule has 108 valence electrons. The lowest BCUT2D eigenvalue weighted by atomic mass is 9.89. The Balaban J connectivity index is 2.13. The number of rotatable bonds is 3. The molecule has 0 atom stereocenters. The van der Waals surface area contributed by atoms with E-state index in [2.05, 4.69) is 4.98 Å². The molecule has 0 saturated carbocycles.